The first-order valence-electron chi connectivity index (χ1n) is 7.93. The summed E-state index contributed by atoms with van der Waals surface area (Å²) in [5, 5.41) is 10.7. The van der Waals surface area contributed by atoms with Crippen molar-refractivity contribution in [3.8, 4) is 0 Å². The molecule has 1 aliphatic heterocycles. The number of benzene rings is 1. The van der Waals surface area contributed by atoms with E-state index in [2.05, 4.69) is 0 Å². The number of likely N-dealkylation sites (tertiary alicyclic amines) is 1. The maximum Gasteiger partial charge on any atom is 0.248 e. The van der Waals surface area contributed by atoms with Gasteiger partial charge in [-0.15, -0.1) is 0 Å². The van der Waals surface area contributed by atoms with Crippen molar-refractivity contribution in [3.63, 3.8) is 0 Å². The van der Waals surface area contributed by atoms with E-state index in [1.807, 2.05) is 18.9 Å². The van der Waals surface area contributed by atoms with Crippen molar-refractivity contribution in [1.82, 2.24) is 9.80 Å². The summed E-state index contributed by atoms with van der Waals surface area (Å²) in [5.74, 6) is -0.335. The standard InChI is InChI=1S/C17H25FN2O3/c1-3-23-11-16(21)20-9-8-17(22,13-20)12-19(2)10-14-4-6-15(18)7-5-14/h4-7,22H,3,8-13H2,1-2H3. The van der Waals surface area contributed by atoms with Gasteiger partial charge in [-0.05, 0) is 38.1 Å². The maximum atomic E-state index is 12.9. The monoisotopic (exact) mass is 324 g/mol. The molecule has 0 bridgehead atoms. The average molecular weight is 324 g/mol. The van der Waals surface area contributed by atoms with Gasteiger partial charge in [0.15, 0.2) is 0 Å². The van der Waals surface area contributed by atoms with Crippen molar-refractivity contribution >= 4 is 5.91 Å². The largest absolute Gasteiger partial charge is 0.387 e. The third-order valence-corrected chi connectivity index (χ3v) is 4.04. The third-order valence-electron chi connectivity index (χ3n) is 4.04. The normalized spacial score (nSPS) is 21.2. The first-order valence-corrected chi connectivity index (χ1v) is 7.93. The van der Waals surface area contributed by atoms with E-state index >= 15 is 0 Å². The minimum absolute atomic E-state index is 0.0675. The first-order chi connectivity index (χ1) is 10.9. The van der Waals surface area contributed by atoms with Crippen LogP contribution in [0.5, 0.6) is 0 Å². The highest BCUT2D eigenvalue weighted by Gasteiger charge is 2.38. The molecule has 23 heavy (non-hydrogen) atoms. The molecule has 1 aromatic carbocycles. The second kappa shape index (κ2) is 7.86. The molecule has 1 N–H and O–H groups in total. The fourth-order valence-electron chi connectivity index (χ4n) is 2.94. The highest BCUT2D eigenvalue weighted by molar-refractivity contribution is 5.77. The molecule has 128 valence electrons. The molecule has 0 aliphatic carbocycles. The number of ether oxygens (including phenoxy) is 1. The van der Waals surface area contributed by atoms with Gasteiger partial charge in [0.1, 0.15) is 12.4 Å². The summed E-state index contributed by atoms with van der Waals surface area (Å²) >= 11 is 0. The zero-order chi connectivity index (χ0) is 16.9. The van der Waals surface area contributed by atoms with Crippen LogP contribution in [0.25, 0.3) is 0 Å². The van der Waals surface area contributed by atoms with Crippen LogP contribution < -0.4 is 0 Å². The van der Waals surface area contributed by atoms with Crippen molar-refractivity contribution in [3.05, 3.63) is 35.6 Å². The van der Waals surface area contributed by atoms with Gasteiger partial charge in [-0.25, -0.2) is 4.39 Å². The Labute approximate surface area is 136 Å². The summed E-state index contributed by atoms with van der Waals surface area (Å²) in [7, 11) is 1.91. The van der Waals surface area contributed by atoms with Gasteiger partial charge in [0.05, 0.1) is 12.1 Å². The van der Waals surface area contributed by atoms with Gasteiger partial charge in [-0.3, -0.25) is 9.69 Å². The predicted molar refractivity (Wildman–Crippen MR) is 85.4 cm³/mol. The Morgan fingerprint density at radius 3 is 2.78 bits per heavy atom. The van der Waals surface area contributed by atoms with Gasteiger partial charge in [-0.1, -0.05) is 12.1 Å². The van der Waals surface area contributed by atoms with Crippen LogP contribution in [-0.2, 0) is 16.1 Å². The fraction of sp³-hybridized carbons (Fsp3) is 0.588. The minimum atomic E-state index is -0.906. The summed E-state index contributed by atoms with van der Waals surface area (Å²) in [4.78, 5) is 15.6. The Hall–Kier alpha value is -1.50. The lowest BCUT2D eigenvalue weighted by molar-refractivity contribution is -0.136. The second-order valence-corrected chi connectivity index (χ2v) is 6.23. The van der Waals surface area contributed by atoms with Crippen molar-refractivity contribution < 1.29 is 19.0 Å². The molecule has 0 aromatic heterocycles. The Balaban J connectivity index is 1.84. The molecule has 6 heteroatoms. The predicted octanol–water partition coefficient (Wildman–Crippen LogP) is 1.26. The SMILES string of the molecule is CCOCC(=O)N1CCC(O)(CN(C)Cc2ccc(F)cc2)C1. The van der Waals surface area contributed by atoms with Crippen LogP contribution in [0, 0.1) is 5.82 Å². The number of likely N-dealkylation sites (N-methyl/N-ethyl adjacent to an activating group) is 1. The molecule has 1 aliphatic rings. The lowest BCUT2D eigenvalue weighted by Crippen LogP contribution is -2.44. The number of hydrogen-bond donors (Lipinski definition) is 1. The van der Waals surface area contributed by atoms with Gasteiger partial charge in [0.2, 0.25) is 5.91 Å². The summed E-state index contributed by atoms with van der Waals surface area (Å²) in [6.45, 7) is 4.37. The van der Waals surface area contributed by atoms with Gasteiger partial charge in [-0.2, -0.15) is 0 Å². The molecular formula is C17H25FN2O3. The van der Waals surface area contributed by atoms with Gasteiger partial charge >= 0.3 is 0 Å². The van der Waals surface area contributed by atoms with Crippen LogP contribution in [0.4, 0.5) is 4.39 Å². The number of carbonyl (C=O) groups is 1. The van der Waals surface area contributed by atoms with Crippen LogP contribution in [0.1, 0.15) is 18.9 Å². The molecule has 1 amide bonds. The molecule has 2 rings (SSSR count). The molecule has 1 saturated heterocycles. The van der Waals surface area contributed by atoms with Crippen LogP contribution in [0.3, 0.4) is 0 Å². The van der Waals surface area contributed by atoms with E-state index in [0.29, 0.717) is 39.2 Å². The Morgan fingerprint density at radius 2 is 2.13 bits per heavy atom. The van der Waals surface area contributed by atoms with E-state index < -0.39 is 5.60 Å². The number of carbonyl (C=O) groups excluding carboxylic acids is 1. The Kier molecular flexibility index (Phi) is 6.10. The Bertz CT molecular complexity index is 523. The van der Waals surface area contributed by atoms with Gasteiger partial charge < -0.3 is 14.7 Å². The number of rotatable bonds is 7. The lowest BCUT2D eigenvalue weighted by atomic mass is 10.0. The molecule has 1 fully saturated rings. The van der Waals surface area contributed by atoms with Gasteiger partial charge in [0.25, 0.3) is 0 Å². The molecule has 1 unspecified atom stereocenters. The topological polar surface area (TPSA) is 53.0 Å². The number of aliphatic hydroxyl groups is 1. The number of nitrogens with zero attached hydrogens (tertiary/aromatic N) is 2. The highest BCUT2D eigenvalue weighted by atomic mass is 19.1. The van der Waals surface area contributed by atoms with Crippen molar-refractivity contribution in [2.75, 3.05) is 39.9 Å². The molecule has 0 radical (unpaired) electrons. The average Bonchev–Trinajstić information content (AvgIpc) is 2.89. The first kappa shape index (κ1) is 17.8. The van der Waals surface area contributed by atoms with E-state index in [1.165, 1.54) is 12.1 Å². The van der Waals surface area contributed by atoms with E-state index in [4.69, 9.17) is 4.74 Å². The van der Waals surface area contributed by atoms with E-state index in [0.717, 1.165) is 5.56 Å². The summed E-state index contributed by atoms with van der Waals surface area (Å²) in [5.41, 5.74) is 0.0798. The molecule has 1 aromatic rings. The highest BCUT2D eigenvalue weighted by Crippen LogP contribution is 2.23. The number of halogens is 1. The van der Waals surface area contributed by atoms with Crippen LogP contribution >= 0.6 is 0 Å². The number of hydrogen-bond acceptors (Lipinski definition) is 4. The van der Waals surface area contributed by atoms with Crippen molar-refractivity contribution in [1.29, 1.82) is 0 Å². The zero-order valence-electron chi connectivity index (χ0n) is 13.8. The van der Waals surface area contributed by atoms with E-state index in [1.54, 1.807) is 17.0 Å². The molecular weight excluding hydrogens is 299 g/mol. The van der Waals surface area contributed by atoms with Crippen molar-refractivity contribution in [2.24, 2.45) is 0 Å². The quantitative estimate of drug-likeness (QED) is 0.820. The maximum absolute atomic E-state index is 12.9. The molecule has 1 atom stereocenters. The minimum Gasteiger partial charge on any atom is -0.387 e. The smallest absolute Gasteiger partial charge is 0.248 e. The second-order valence-electron chi connectivity index (χ2n) is 6.23. The summed E-state index contributed by atoms with van der Waals surface area (Å²) in [6.07, 6.45) is 0.554. The lowest BCUT2D eigenvalue weighted by Gasteiger charge is -2.29. The number of amides is 1. The van der Waals surface area contributed by atoms with Gasteiger partial charge in [0, 0.05) is 26.2 Å². The molecule has 0 saturated carbocycles. The van der Waals surface area contributed by atoms with E-state index in [9.17, 15) is 14.3 Å². The molecule has 0 spiro atoms. The third kappa shape index (κ3) is 5.27. The van der Waals surface area contributed by atoms with Crippen molar-refractivity contribution in [2.45, 2.75) is 25.5 Å². The Morgan fingerprint density at radius 1 is 1.43 bits per heavy atom. The number of β-amino-alcohol motifs (C(OH)–C–C–N with tert-alkyl or cyclic N) is 1. The van der Waals surface area contributed by atoms with Crippen LogP contribution in [0.2, 0.25) is 0 Å². The molecule has 1 heterocycles. The fourth-order valence-corrected chi connectivity index (χ4v) is 2.94. The molecule has 5 nitrogen and oxygen atoms in total. The summed E-state index contributed by atoms with van der Waals surface area (Å²) in [6, 6.07) is 6.34. The van der Waals surface area contributed by atoms with Crippen LogP contribution in [-0.4, -0.2) is 66.3 Å². The summed E-state index contributed by atoms with van der Waals surface area (Å²) < 4.78 is 18.1. The van der Waals surface area contributed by atoms with Crippen LogP contribution in [0.15, 0.2) is 24.3 Å². The van der Waals surface area contributed by atoms with E-state index in [-0.39, 0.29) is 18.3 Å². The zero-order valence-corrected chi connectivity index (χ0v) is 13.8.